The second kappa shape index (κ2) is 12.3. The topological polar surface area (TPSA) is 17.8 Å². The fourth-order valence-corrected chi connectivity index (χ4v) is 10.9. The molecule has 0 radical (unpaired) electrons. The molecule has 44 heavy (non-hydrogen) atoms. The third-order valence-electron chi connectivity index (χ3n) is 8.64. The van der Waals surface area contributed by atoms with Gasteiger partial charge in [0, 0.05) is 0 Å². The van der Waals surface area contributed by atoms with Crippen molar-refractivity contribution in [3.05, 3.63) is 217 Å². The first kappa shape index (κ1) is 27.8. The van der Waals surface area contributed by atoms with E-state index in [9.17, 15) is 0 Å². The number of aromatic nitrogens is 2. The van der Waals surface area contributed by atoms with Crippen molar-refractivity contribution in [2.45, 2.75) is 11.7 Å². The van der Waals surface area contributed by atoms with Crippen LogP contribution in [0.3, 0.4) is 0 Å². The van der Waals surface area contributed by atoms with Crippen molar-refractivity contribution in [1.29, 1.82) is 0 Å². The Morgan fingerprint density at radius 1 is 0.432 bits per heavy atom. The number of hydrogen-bond acceptors (Lipinski definition) is 1. The highest BCUT2D eigenvalue weighted by atomic mass is 31.2. The first-order valence-corrected chi connectivity index (χ1v) is 17.0. The molecule has 0 unspecified atom stereocenters. The van der Waals surface area contributed by atoms with Crippen molar-refractivity contribution in [2.24, 2.45) is 0 Å². The van der Waals surface area contributed by atoms with Gasteiger partial charge >= 0.3 is 0 Å². The molecule has 0 amide bonds. The predicted molar refractivity (Wildman–Crippen MR) is 186 cm³/mol. The molecular formula is C41H34N2P+. The molecule has 2 nitrogen and oxygen atoms in total. The van der Waals surface area contributed by atoms with E-state index in [4.69, 9.17) is 4.98 Å². The highest BCUT2D eigenvalue weighted by Crippen LogP contribution is 2.58. The van der Waals surface area contributed by atoms with E-state index < -0.39 is 12.8 Å². The van der Waals surface area contributed by atoms with E-state index in [0.29, 0.717) is 0 Å². The summed E-state index contributed by atoms with van der Waals surface area (Å²) >= 11 is 0. The van der Waals surface area contributed by atoms with Gasteiger partial charge in [-0.25, -0.2) is 4.98 Å². The Kier molecular flexibility index (Phi) is 7.76. The number of imidazole rings is 1. The SMILES string of the molecule is c1ccc(C(c2ccccc2)(c2ccccc2)n2cncc2C[P+](c2ccccc2)(c2ccccc2)c2ccccc2)cc1. The summed E-state index contributed by atoms with van der Waals surface area (Å²) < 4.78 is 2.44. The molecule has 0 spiro atoms. The van der Waals surface area contributed by atoms with Gasteiger partial charge in [-0.15, -0.1) is 0 Å². The fourth-order valence-electron chi connectivity index (χ4n) is 6.71. The summed E-state index contributed by atoms with van der Waals surface area (Å²) in [7, 11) is -2.17. The molecule has 0 bridgehead atoms. The minimum Gasteiger partial charge on any atom is -0.313 e. The molecular weight excluding hydrogens is 551 g/mol. The van der Waals surface area contributed by atoms with Crippen LogP contribution < -0.4 is 15.9 Å². The van der Waals surface area contributed by atoms with Crippen LogP contribution in [0.4, 0.5) is 0 Å². The minimum atomic E-state index is -2.17. The van der Waals surface area contributed by atoms with Crippen LogP contribution in [0.15, 0.2) is 195 Å². The summed E-state index contributed by atoms with van der Waals surface area (Å²) in [6.07, 6.45) is 4.95. The Morgan fingerprint density at radius 3 is 1.09 bits per heavy atom. The maximum atomic E-state index is 4.91. The van der Waals surface area contributed by atoms with E-state index in [1.54, 1.807) is 0 Å². The van der Waals surface area contributed by atoms with E-state index in [1.165, 1.54) is 38.3 Å². The largest absolute Gasteiger partial charge is 0.313 e. The predicted octanol–water partition coefficient (Wildman–Crippen LogP) is 8.22. The molecule has 0 saturated carbocycles. The lowest BCUT2D eigenvalue weighted by Crippen LogP contribution is -2.39. The number of benzene rings is 6. The van der Waals surface area contributed by atoms with Crippen molar-refractivity contribution >= 4 is 23.2 Å². The van der Waals surface area contributed by atoms with Crippen molar-refractivity contribution < 1.29 is 0 Å². The third kappa shape index (κ3) is 4.78. The highest BCUT2D eigenvalue weighted by molar-refractivity contribution is 7.95. The Bertz CT molecular complexity index is 1710. The van der Waals surface area contributed by atoms with Gasteiger partial charge in [0.15, 0.2) is 0 Å². The van der Waals surface area contributed by atoms with Gasteiger partial charge in [-0.2, -0.15) is 0 Å². The molecule has 0 atom stereocenters. The second-order valence-corrected chi connectivity index (χ2v) is 14.5. The highest BCUT2D eigenvalue weighted by Gasteiger charge is 2.48. The summed E-state index contributed by atoms with van der Waals surface area (Å²) in [4.78, 5) is 4.91. The quantitative estimate of drug-likeness (QED) is 0.123. The summed E-state index contributed by atoms with van der Waals surface area (Å²) in [6, 6.07) is 65.9. The monoisotopic (exact) mass is 585 g/mol. The molecule has 0 N–H and O–H groups in total. The average molecular weight is 586 g/mol. The molecule has 0 fully saturated rings. The molecule has 3 heteroatoms. The van der Waals surface area contributed by atoms with Crippen molar-refractivity contribution in [3.8, 4) is 0 Å². The maximum Gasteiger partial charge on any atom is 0.122 e. The Morgan fingerprint density at radius 2 is 0.750 bits per heavy atom. The zero-order chi connectivity index (χ0) is 29.7. The maximum absolute atomic E-state index is 4.91. The third-order valence-corrected chi connectivity index (χ3v) is 13.0. The number of nitrogens with zero attached hydrogens (tertiary/aromatic N) is 2. The molecule has 1 heterocycles. The van der Waals surface area contributed by atoms with E-state index in [1.807, 2.05) is 6.33 Å². The summed E-state index contributed by atoms with van der Waals surface area (Å²) in [6.45, 7) is 0. The van der Waals surface area contributed by atoms with Crippen LogP contribution in [0, 0.1) is 0 Å². The Hall–Kier alpha value is -5.04. The zero-order valence-corrected chi connectivity index (χ0v) is 25.4. The molecule has 212 valence electrons. The van der Waals surface area contributed by atoms with E-state index in [2.05, 4.69) is 193 Å². The van der Waals surface area contributed by atoms with Crippen LogP contribution in [-0.4, -0.2) is 9.55 Å². The molecule has 0 aliphatic heterocycles. The van der Waals surface area contributed by atoms with Crippen LogP contribution >= 0.6 is 7.26 Å². The molecule has 0 aliphatic carbocycles. The van der Waals surface area contributed by atoms with Crippen molar-refractivity contribution in [1.82, 2.24) is 9.55 Å². The first-order chi connectivity index (χ1) is 21.8. The fraction of sp³-hybridized carbons (Fsp3) is 0.0488. The molecule has 0 aliphatic rings. The average Bonchev–Trinajstić information content (AvgIpc) is 3.58. The minimum absolute atomic E-state index is 0.630. The van der Waals surface area contributed by atoms with Gasteiger partial charge in [-0.3, -0.25) is 0 Å². The van der Waals surface area contributed by atoms with Crippen molar-refractivity contribution in [3.63, 3.8) is 0 Å². The second-order valence-electron chi connectivity index (χ2n) is 11.0. The van der Waals surface area contributed by atoms with Crippen LogP contribution in [0.1, 0.15) is 22.4 Å². The number of rotatable bonds is 9. The summed E-state index contributed by atoms with van der Waals surface area (Å²) in [5.41, 5.74) is 4.14. The standard InChI is InChI=1S/C41H34N2P/c1-7-19-34(20-8-1)41(35-21-9-2-10-22-35,36-23-11-3-12-24-36)43-33-42-31-37(43)32-44(38-25-13-4-14-26-38,39-27-15-5-16-28-39)40-29-17-6-18-30-40/h1-31,33H,32H2/q+1. The summed E-state index contributed by atoms with van der Waals surface area (Å²) in [5, 5.41) is 4.07. The number of hydrogen-bond donors (Lipinski definition) is 0. The van der Waals surface area contributed by atoms with Gasteiger partial charge in [0.2, 0.25) is 0 Å². The Balaban J connectivity index is 1.55. The van der Waals surface area contributed by atoms with Gasteiger partial charge in [-0.05, 0) is 53.1 Å². The lowest BCUT2D eigenvalue weighted by Gasteiger charge is -2.39. The normalized spacial score (nSPS) is 11.7. The molecule has 1 aromatic heterocycles. The van der Waals surface area contributed by atoms with E-state index in [0.717, 1.165) is 6.16 Å². The molecule has 6 aromatic carbocycles. The zero-order valence-electron chi connectivity index (χ0n) is 24.5. The van der Waals surface area contributed by atoms with Crippen LogP contribution in [0.5, 0.6) is 0 Å². The van der Waals surface area contributed by atoms with Gasteiger partial charge in [0.25, 0.3) is 0 Å². The van der Waals surface area contributed by atoms with Crippen molar-refractivity contribution in [2.75, 3.05) is 0 Å². The molecule has 0 saturated heterocycles. The summed E-state index contributed by atoms with van der Waals surface area (Å²) in [5.74, 6) is 0. The van der Waals surface area contributed by atoms with Gasteiger partial charge in [0.1, 0.15) is 34.9 Å². The van der Waals surface area contributed by atoms with Gasteiger partial charge < -0.3 is 4.57 Å². The Labute approximate surface area is 260 Å². The van der Waals surface area contributed by atoms with E-state index >= 15 is 0 Å². The van der Waals surface area contributed by atoms with Gasteiger partial charge in [-0.1, -0.05) is 146 Å². The lowest BCUT2D eigenvalue weighted by molar-refractivity contribution is 0.502. The van der Waals surface area contributed by atoms with Crippen LogP contribution in [0.2, 0.25) is 0 Å². The van der Waals surface area contributed by atoms with Crippen LogP contribution in [0.25, 0.3) is 0 Å². The van der Waals surface area contributed by atoms with Gasteiger partial charge in [0.05, 0.1) is 18.2 Å². The van der Waals surface area contributed by atoms with Crippen LogP contribution in [-0.2, 0) is 11.7 Å². The lowest BCUT2D eigenvalue weighted by atomic mass is 9.76. The smallest absolute Gasteiger partial charge is 0.122 e. The van der Waals surface area contributed by atoms with E-state index in [-0.39, 0.29) is 0 Å². The molecule has 7 aromatic rings. The first-order valence-electron chi connectivity index (χ1n) is 15.1. The molecule has 7 rings (SSSR count).